The first-order valence-corrected chi connectivity index (χ1v) is 7.98. The van der Waals surface area contributed by atoms with Crippen LogP contribution in [0.5, 0.6) is 0 Å². The van der Waals surface area contributed by atoms with Gasteiger partial charge in [-0.3, -0.25) is 4.98 Å². The van der Waals surface area contributed by atoms with E-state index in [4.69, 9.17) is 9.47 Å². The van der Waals surface area contributed by atoms with Crippen LogP contribution in [0.2, 0.25) is 0 Å². The Morgan fingerprint density at radius 1 is 1.43 bits per heavy atom. The van der Waals surface area contributed by atoms with Crippen molar-refractivity contribution < 1.29 is 14.6 Å². The van der Waals surface area contributed by atoms with Gasteiger partial charge < -0.3 is 14.6 Å². The van der Waals surface area contributed by atoms with Gasteiger partial charge in [0.2, 0.25) is 0 Å². The van der Waals surface area contributed by atoms with Crippen molar-refractivity contribution in [1.82, 2.24) is 4.98 Å². The van der Waals surface area contributed by atoms with E-state index < -0.39 is 0 Å². The highest BCUT2D eigenvalue weighted by molar-refractivity contribution is 5.39. The summed E-state index contributed by atoms with van der Waals surface area (Å²) in [6.45, 7) is 0.578. The average molecular weight is 291 g/mol. The number of pyridine rings is 1. The second-order valence-corrected chi connectivity index (χ2v) is 6.26. The lowest BCUT2D eigenvalue weighted by Crippen LogP contribution is -2.48. The Balaban J connectivity index is 1.98. The average Bonchev–Trinajstić information content (AvgIpc) is 2.86. The van der Waals surface area contributed by atoms with Crippen LogP contribution in [0.3, 0.4) is 0 Å². The predicted molar refractivity (Wildman–Crippen MR) is 80.0 cm³/mol. The Morgan fingerprint density at radius 2 is 2.33 bits per heavy atom. The minimum atomic E-state index is 0.0170. The van der Waals surface area contributed by atoms with E-state index in [0.29, 0.717) is 12.7 Å². The van der Waals surface area contributed by atoms with Gasteiger partial charge in [0.1, 0.15) is 6.79 Å². The van der Waals surface area contributed by atoms with Crippen LogP contribution in [0.4, 0.5) is 0 Å². The summed E-state index contributed by atoms with van der Waals surface area (Å²) in [6, 6.07) is 4.25. The van der Waals surface area contributed by atoms with Gasteiger partial charge in [-0.15, -0.1) is 0 Å². The van der Waals surface area contributed by atoms with Gasteiger partial charge in [0.25, 0.3) is 0 Å². The topological polar surface area (TPSA) is 51.6 Å². The van der Waals surface area contributed by atoms with Crippen molar-refractivity contribution in [3.8, 4) is 0 Å². The second kappa shape index (κ2) is 6.42. The number of rotatable bonds is 6. The molecule has 4 nitrogen and oxygen atoms in total. The summed E-state index contributed by atoms with van der Waals surface area (Å²) in [7, 11) is 1.67. The molecule has 2 aliphatic rings. The van der Waals surface area contributed by atoms with Gasteiger partial charge >= 0.3 is 0 Å². The molecule has 1 saturated carbocycles. The van der Waals surface area contributed by atoms with Crippen molar-refractivity contribution in [1.29, 1.82) is 0 Å². The molecule has 116 valence electrons. The maximum atomic E-state index is 9.34. The number of ether oxygens (including phenoxy) is 2. The smallest absolute Gasteiger partial charge is 0.146 e. The molecule has 0 aliphatic heterocycles. The molecule has 0 spiro atoms. The van der Waals surface area contributed by atoms with Crippen LogP contribution >= 0.6 is 0 Å². The number of fused-ring (bicyclic) bond motifs is 3. The van der Waals surface area contributed by atoms with Crippen molar-refractivity contribution >= 4 is 0 Å². The number of aliphatic hydroxyl groups is 1. The molecule has 1 aromatic heterocycles. The lowest BCUT2D eigenvalue weighted by atomic mass is 9.62. The lowest BCUT2D eigenvalue weighted by Gasteiger charge is -2.46. The van der Waals surface area contributed by atoms with Crippen molar-refractivity contribution in [2.24, 2.45) is 5.92 Å². The van der Waals surface area contributed by atoms with Crippen molar-refractivity contribution in [3.05, 3.63) is 29.6 Å². The number of methoxy groups -OCH3 is 1. The molecule has 1 fully saturated rings. The largest absolute Gasteiger partial charge is 0.396 e. The summed E-state index contributed by atoms with van der Waals surface area (Å²) in [6.07, 6.45) is 8.41. The van der Waals surface area contributed by atoms with E-state index in [1.807, 2.05) is 12.3 Å². The van der Waals surface area contributed by atoms with Crippen LogP contribution in [-0.4, -0.2) is 36.7 Å². The molecule has 0 amide bonds. The first-order chi connectivity index (χ1) is 10.3. The summed E-state index contributed by atoms with van der Waals surface area (Å²) >= 11 is 0. The molecular formula is C17H25NO3. The van der Waals surface area contributed by atoms with E-state index in [9.17, 15) is 5.11 Å². The van der Waals surface area contributed by atoms with Gasteiger partial charge in [0.05, 0.1) is 6.10 Å². The SMILES string of the molecule is COCO[C@@H]1CCCC2Cc3ncccc3[C@]21CCCO. The van der Waals surface area contributed by atoms with E-state index >= 15 is 0 Å². The monoisotopic (exact) mass is 291 g/mol. The normalized spacial score (nSPS) is 31.0. The Kier molecular flexibility index (Phi) is 4.57. The van der Waals surface area contributed by atoms with Crippen LogP contribution < -0.4 is 0 Å². The van der Waals surface area contributed by atoms with Gasteiger partial charge in [0, 0.05) is 31.0 Å². The number of hydrogen-bond donors (Lipinski definition) is 1. The molecule has 0 saturated heterocycles. The number of aliphatic hydroxyl groups excluding tert-OH is 1. The minimum Gasteiger partial charge on any atom is -0.396 e. The van der Waals surface area contributed by atoms with Crippen LogP contribution in [0.1, 0.15) is 43.4 Å². The minimum absolute atomic E-state index is 0.0170. The third-order valence-corrected chi connectivity index (χ3v) is 5.29. The molecule has 21 heavy (non-hydrogen) atoms. The van der Waals surface area contributed by atoms with Crippen LogP contribution in [-0.2, 0) is 21.3 Å². The fraction of sp³-hybridized carbons (Fsp3) is 0.706. The van der Waals surface area contributed by atoms with Crippen LogP contribution in [0.25, 0.3) is 0 Å². The summed E-state index contributed by atoms with van der Waals surface area (Å²) in [5, 5.41) is 9.34. The number of aromatic nitrogens is 1. The summed E-state index contributed by atoms with van der Waals surface area (Å²) < 4.78 is 11.2. The standard InChI is InChI=1S/C17H25NO3/c1-20-12-21-16-7-2-5-13-11-15-14(6-3-9-18-15)17(13,16)8-4-10-19/h3,6,9,13,16,19H,2,4-5,7-8,10-12H2,1H3/t13?,16-,17+/m1/s1. The number of nitrogens with zero attached hydrogens (tertiary/aromatic N) is 1. The molecule has 1 heterocycles. The van der Waals surface area contributed by atoms with E-state index in [-0.39, 0.29) is 18.1 Å². The van der Waals surface area contributed by atoms with Gasteiger partial charge in [-0.25, -0.2) is 0 Å². The maximum Gasteiger partial charge on any atom is 0.146 e. The van der Waals surface area contributed by atoms with Gasteiger partial charge in [-0.2, -0.15) is 0 Å². The summed E-state index contributed by atoms with van der Waals surface area (Å²) in [5.74, 6) is 0.588. The van der Waals surface area contributed by atoms with Crippen molar-refractivity contribution in [3.63, 3.8) is 0 Å². The molecule has 1 aromatic rings. The Labute approximate surface area is 126 Å². The molecule has 1 unspecified atom stereocenters. The van der Waals surface area contributed by atoms with E-state index in [2.05, 4.69) is 11.1 Å². The molecule has 2 aliphatic carbocycles. The summed E-state index contributed by atoms with van der Waals surface area (Å²) in [5.41, 5.74) is 2.60. The summed E-state index contributed by atoms with van der Waals surface area (Å²) in [4.78, 5) is 4.60. The fourth-order valence-electron chi connectivity index (χ4n) is 4.52. The molecule has 0 bridgehead atoms. The highest BCUT2D eigenvalue weighted by atomic mass is 16.7. The van der Waals surface area contributed by atoms with Gasteiger partial charge in [-0.05, 0) is 49.7 Å². The third-order valence-electron chi connectivity index (χ3n) is 5.29. The quantitative estimate of drug-likeness (QED) is 0.818. The Hall–Kier alpha value is -0.970. The Bertz CT molecular complexity index is 479. The molecular weight excluding hydrogens is 266 g/mol. The second-order valence-electron chi connectivity index (χ2n) is 6.26. The molecule has 1 N–H and O–H groups in total. The highest BCUT2D eigenvalue weighted by Gasteiger charge is 2.53. The zero-order chi connectivity index (χ0) is 14.7. The van der Waals surface area contributed by atoms with Crippen LogP contribution in [0, 0.1) is 5.92 Å². The zero-order valence-electron chi connectivity index (χ0n) is 12.8. The fourth-order valence-corrected chi connectivity index (χ4v) is 4.52. The highest BCUT2D eigenvalue weighted by Crippen LogP contribution is 2.54. The molecule has 0 radical (unpaired) electrons. The molecule has 4 heteroatoms. The first kappa shape index (κ1) is 14.9. The Morgan fingerprint density at radius 3 is 3.14 bits per heavy atom. The van der Waals surface area contributed by atoms with E-state index in [1.54, 1.807) is 7.11 Å². The molecule has 0 aromatic carbocycles. The maximum absolute atomic E-state index is 9.34. The first-order valence-electron chi connectivity index (χ1n) is 7.98. The number of hydrogen-bond acceptors (Lipinski definition) is 4. The van der Waals surface area contributed by atoms with Gasteiger partial charge in [-0.1, -0.05) is 12.5 Å². The van der Waals surface area contributed by atoms with Crippen molar-refractivity contribution in [2.75, 3.05) is 20.5 Å². The molecule has 3 rings (SSSR count). The zero-order valence-corrected chi connectivity index (χ0v) is 12.8. The lowest BCUT2D eigenvalue weighted by molar-refractivity contribution is -0.124. The third kappa shape index (κ3) is 2.50. The molecule has 3 atom stereocenters. The predicted octanol–water partition coefficient (Wildman–Crippen LogP) is 2.44. The van der Waals surface area contributed by atoms with Crippen molar-refractivity contribution in [2.45, 2.75) is 50.0 Å². The van der Waals surface area contributed by atoms with Gasteiger partial charge in [0.15, 0.2) is 0 Å². The van der Waals surface area contributed by atoms with E-state index in [0.717, 1.165) is 25.7 Å². The van der Waals surface area contributed by atoms with Crippen LogP contribution in [0.15, 0.2) is 18.3 Å². The van der Waals surface area contributed by atoms with E-state index in [1.165, 1.54) is 24.1 Å².